The summed E-state index contributed by atoms with van der Waals surface area (Å²) in [6.07, 6.45) is 3.16. The molecule has 1 aliphatic heterocycles. The van der Waals surface area contributed by atoms with Crippen molar-refractivity contribution < 1.29 is 8.42 Å². The normalized spacial score (nSPS) is 22.1. The maximum atomic E-state index is 11.7. The van der Waals surface area contributed by atoms with Gasteiger partial charge in [0.05, 0.1) is 23.4 Å². The molecule has 1 aliphatic rings. The molecule has 1 aromatic rings. The van der Waals surface area contributed by atoms with E-state index in [9.17, 15) is 13.2 Å². The fraction of sp³-hybridized carbons (Fsp3) is 0.636. The van der Waals surface area contributed by atoms with Crippen molar-refractivity contribution >= 4 is 31.5 Å². The lowest BCUT2D eigenvalue weighted by Crippen LogP contribution is -2.30. The number of nitrogens with one attached hydrogen (secondary N) is 1. The number of hydrogen-bond donors (Lipinski definition) is 1. The Labute approximate surface area is 120 Å². The number of nitrogens with zero attached hydrogens (tertiary/aromatic N) is 2. The van der Waals surface area contributed by atoms with Gasteiger partial charge in [-0.1, -0.05) is 0 Å². The minimum Gasteiger partial charge on any atom is -0.382 e. The van der Waals surface area contributed by atoms with E-state index in [1.807, 2.05) is 0 Å². The average molecular weight is 350 g/mol. The molecule has 106 valence electrons. The first kappa shape index (κ1) is 14.5. The van der Waals surface area contributed by atoms with Crippen LogP contribution < -0.4 is 10.9 Å². The molecule has 0 aromatic carbocycles. The number of hydrogen-bond acceptors (Lipinski definition) is 5. The van der Waals surface area contributed by atoms with Crippen LogP contribution in [0.2, 0.25) is 0 Å². The van der Waals surface area contributed by atoms with Crippen molar-refractivity contribution in [3.63, 3.8) is 0 Å². The summed E-state index contributed by atoms with van der Waals surface area (Å²) >= 11 is 3.22. The van der Waals surface area contributed by atoms with Gasteiger partial charge in [-0.25, -0.2) is 13.1 Å². The van der Waals surface area contributed by atoms with Crippen LogP contribution in [0.25, 0.3) is 0 Å². The van der Waals surface area contributed by atoms with Gasteiger partial charge in [-0.15, -0.1) is 0 Å². The molecule has 0 spiro atoms. The van der Waals surface area contributed by atoms with E-state index >= 15 is 0 Å². The highest BCUT2D eigenvalue weighted by atomic mass is 79.9. The molecule has 1 atom stereocenters. The minimum atomic E-state index is -2.89. The molecule has 0 saturated carbocycles. The lowest BCUT2D eigenvalue weighted by Gasteiger charge is -2.22. The number of aromatic nitrogens is 2. The molecule has 6 nitrogen and oxygen atoms in total. The molecule has 8 heteroatoms. The van der Waals surface area contributed by atoms with Crippen LogP contribution in [0.15, 0.2) is 15.5 Å². The van der Waals surface area contributed by atoms with Gasteiger partial charge < -0.3 is 5.32 Å². The second-order valence-electron chi connectivity index (χ2n) is 4.80. The van der Waals surface area contributed by atoms with Crippen molar-refractivity contribution in [1.29, 1.82) is 0 Å². The summed E-state index contributed by atoms with van der Waals surface area (Å²) in [7, 11) is -1.32. The van der Waals surface area contributed by atoms with Crippen LogP contribution in [-0.2, 0) is 16.9 Å². The Kier molecular flexibility index (Phi) is 4.29. The molecule has 19 heavy (non-hydrogen) atoms. The van der Waals surface area contributed by atoms with Crippen molar-refractivity contribution in [1.82, 2.24) is 9.78 Å². The van der Waals surface area contributed by atoms with Crippen molar-refractivity contribution in [3.05, 3.63) is 21.0 Å². The Morgan fingerprint density at radius 2 is 2.32 bits per heavy atom. The van der Waals surface area contributed by atoms with E-state index in [4.69, 9.17) is 0 Å². The molecule has 0 bridgehead atoms. The molecule has 2 rings (SSSR count). The smallest absolute Gasteiger partial charge is 0.282 e. The van der Waals surface area contributed by atoms with E-state index < -0.39 is 9.84 Å². The fourth-order valence-electron chi connectivity index (χ4n) is 2.17. The Hall–Kier alpha value is -0.890. The van der Waals surface area contributed by atoms with Gasteiger partial charge in [-0.3, -0.25) is 4.79 Å². The predicted octanol–water partition coefficient (Wildman–Crippen LogP) is 0.780. The summed E-state index contributed by atoms with van der Waals surface area (Å²) in [6, 6.07) is 0. The molecule has 0 amide bonds. The van der Waals surface area contributed by atoms with Crippen molar-refractivity contribution in [2.24, 2.45) is 13.0 Å². The van der Waals surface area contributed by atoms with Crippen LogP contribution in [0.4, 0.5) is 5.69 Å². The van der Waals surface area contributed by atoms with Gasteiger partial charge in [-0.05, 0) is 34.7 Å². The van der Waals surface area contributed by atoms with Gasteiger partial charge in [0, 0.05) is 13.6 Å². The van der Waals surface area contributed by atoms with Crippen molar-refractivity contribution in [2.75, 3.05) is 23.4 Å². The van der Waals surface area contributed by atoms with Crippen LogP contribution in [0.5, 0.6) is 0 Å². The predicted molar refractivity (Wildman–Crippen MR) is 77.0 cm³/mol. The van der Waals surface area contributed by atoms with Crippen LogP contribution in [0.1, 0.15) is 12.8 Å². The maximum Gasteiger partial charge on any atom is 0.282 e. The molecule has 0 aliphatic carbocycles. The summed E-state index contributed by atoms with van der Waals surface area (Å²) in [5.74, 6) is 0.603. The third kappa shape index (κ3) is 3.56. The quantitative estimate of drug-likeness (QED) is 0.871. The number of rotatable bonds is 3. The fourth-order valence-corrected chi connectivity index (χ4v) is 4.44. The number of sulfone groups is 1. The van der Waals surface area contributed by atoms with E-state index in [0.717, 1.165) is 6.42 Å². The highest BCUT2D eigenvalue weighted by Crippen LogP contribution is 2.21. The van der Waals surface area contributed by atoms with Gasteiger partial charge in [0.15, 0.2) is 9.84 Å². The summed E-state index contributed by atoms with van der Waals surface area (Å²) < 4.78 is 24.7. The summed E-state index contributed by atoms with van der Waals surface area (Å²) in [6.45, 7) is 0.534. The number of aryl methyl sites for hydroxylation is 1. The Morgan fingerprint density at radius 3 is 3.00 bits per heavy atom. The average Bonchev–Trinajstić information content (AvgIpc) is 2.34. The largest absolute Gasteiger partial charge is 0.382 e. The summed E-state index contributed by atoms with van der Waals surface area (Å²) in [4.78, 5) is 11.7. The lowest BCUT2D eigenvalue weighted by atomic mass is 10.1. The van der Waals surface area contributed by atoms with E-state index in [0.29, 0.717) is 28.9 Å². The van der Waals surface area contributed by atoms with Gasteiger partial charge in [-0.2, -0.15) is 5.10 Å². The standard InChI is InChI=1S/C11H16BrN3O3S/c1-15-11(16)10(12)9(6-14-15)13-5-8-3-2-4-19(17,18)7-8/h6,8,13H,2-5,7H2,1H3. The Morgan fingerprint density at radius 1 is 1.58 bits per heavy atom. The van der Waals surface area contributed by atoms with E-state index in [2.05, 4.69) is 26.3 Å². The molecule has 2 heterocycles. The molecular formula is C11H16BrN3O3S. The van der Waals surface area contributed by atoms with Crippen LogP contribution in [0.3, 0.4) is 0 Å². The second-order valence-corrected chi connectivity index (χ2v) is 7.83. The van der Waals surface area contributed by atoms with Gasteiger partial charge in [0.25, 0.3) is 5.56 Å². The SMILES string of the molecule is Cn1ncc(NCC2CCCS(=O)(=O)C2)c(Br)c1=O. The van der Waals surface area contributed by atoms with E-state index in [1.54, 1.807) is 13.2 Å². The monoisotopic (exact) mass is 349 g/mol. The molecule has 1 saturated heterocycles. The zero-order valence-corrected chi connectivity index (χ0v) is 13.0. The number of anilines is 1. The van der Waals surface area contributed by atoms with Gasteiger partial charge in [0.1, 0.15) is 4.47 Å². The van der Waals surface area contributed by atoms with Crippen LogP contribution in [0, 0.1) is 5.92 Å². The minimum absolute atomic E-state index is 0.0923. The molecule has 1 aromatic heterocycles. The number of halogens is 1. The first-order chi connectivity index (χ1) is 8.89. The third-order valence-corrected chi connectivity index (χ3v) is 5.87. The summed E-state index contributed by atoms with van der Waals surface area (Å²) in [5, 5.41) is 7.03. The van der Waals surface area contributed by atoms with Crippen LogP contribution in [-0.4, -0.2) is 36.2 Å². The highest BCUT2D eigenvalue weighted by molar-refractivity contribution is 9.10. The van der Waals surface area contributed by atoms with E-state index in [-0.39, 0.29) is 17.2 Å². The zero-order chi connectivity index (χ0) is 14.0. The molecule has 1 unspecified atom stereocenters. The van der Waals surface area contributed by atoms with Crippen LogP contribution >= 0.6 is 15.9 Å². The maximum absolute atomic E-state index is 11.7. The van der Waals surface area contributed by atoms with Crippen molar-refractivity contribution in [2.45, 2.75) is 12.8 Å². The van der Waals surface area contributed by atoms with Gasteiger partial charge in [0.2, 0.25) is 0 Å². The van der Waals surface area contributed by atoms with E-state index in [1.165, 1.54) is 4.68 Å². The first-order valence-corrected chi connectivity index (χ1v) is 8.66. The Bertz CT molecular complexity index is 627. The molecular weight excluding hydrogens is 334 g/mol. The topological polar surface area (TPSA) is 81.1 Å². The van der Waals surface area contributed by atoms with Crippen molar-refractivity contribution in [3.8, 4) is 0 Å². The van der Waals surface area contributed by atoms with Gasteiger partial charge >= 0.3 is 0 Å². The summed E-state index contributed by atoms with van der Waals surface area (Å²) in [5.41, 5.74) is 0.382. The zero-order valence-electron chi connectivity index (χ0n) is 10.6. The second kappa shape index (κ2) is 5.62. The lowest BCUT2D eigenvalue weighted by molar-refractivity contribution is 0.502. The molecule has 0 radical (unpaired) electrons. The molecule has 1 fully saturated rings. The first-order valence-electron chi connectivity index (χ1n) is 6.05. The Balaban J connectivity index is 2.03. The molecule has 1 N–H and O–H groups in total. The third-order valence-electron chi connectivity index (χ3n) is 3.22. The highest BCUT2D eigenvalue weighted by Gasteiger charge is 2.24.